The third-order valence-corrected chi connectivity index (χ3v) is 3.16. The van der Waals surface area contributed by atoms with Gasteiger partial charge < -0.3 is 21.5 Å². The highest BCUT2D eigenvalue weighted by molar-refractivity contribution is 5.93. The van der Waals surface area contributed by atoms with E-state index >= 15 is 0 Å². The average molecular weight is 307 g/mol. The molecule has 1 aromatic carbocycles. The van der Waals surface area contributed by atoms with Crippen LogP contribution in [0.2, 0.25) is 0 Å². The number of methoxy groups -OCH3 is 1. The van der Waals surface area contributed by atoms with Gasteiger partial charge in [0.25, 0.3) is 0 Å². The van der Waals surface area contributed by atoms with Crippen molar-refractivity contribution in [2.24, 2.45) is 11.5 Å². The first kappa shape index (κ1) is 17.6. The fourth-order valence-corrected chi connectivity index (χ4v) is 1.86. The van der Waals surface area contributed by atoms with Crippen LogP contribution in [-0.2, 0) is 20.7 Å². The molecule has 0 aliphatic rings. The maximum absolute atomic E-state index is 12.0. The molecule has 0 aromatic heterocycles. The highest BCUT2D eigenvalue weighted by atomic mass is 16.5. The van der Waals surface area contributed by atoms with E-state index in [-0.39, 0.29) is 6.42 Å². The Labute approximate surface area is 129 Å². The summed E-state index contributed by atoms with van der Waals surface area (Å²) in [5, 5.41) is 2.54. The molecular formula is C15H21N3O4. The van der Waals surface area contributed by atoms with Crippen LogP contribution in [0.25, 0.3) is 0 Å². The van der Waals surface area contributed by atoms with Crippen LogP contribution in [-0.4, -0.2) is 36.5 Å². The zero-order chi connectivity index (χ0) is 16.9. The molecule has 0 saturated heterocycles. The second-order valence-electron chi connectivity index (χ2n) is 5.48. The van der Waals surface area contributed by atoms with Crippen LogP contribution in [0.3, 0.4) is 0 Å². The first-order valence-corrected chi connectivity index (χ1v) is 6.72. The molecule has 1 aromatic rings. The molecule has 120 valence electrons. The maximum Gasteiger partial charge on any atom is 0.330 e. The summed E-state index contributed by atoms with van der Waals surface area (Å²) in [4.78, 5) is 34.6. The van der Waals surface area contributed by atoms with Crippen molar-refractivity contribution < 1.29 is 19.1 Å². The topological polar surface area (TPSA) is 125 Å². The van der Waals surface area contributed by atoms with E-state index in [1.165, 1.54) is 21.0 Å². The Morgan fingerprint density at radius 3 is 2.23 bits per heavy atom. The van der Waals surface area contributed by atoms with Gasteiger partial charge in [-0.15, -0.1) is 0 Å². The lowest BCUT2D eigenvalue weighted by molar-refractivity contribution is -0.149. The smallest absolute Gasteiger partial charge is 0.330 e. The monoisotopic (exact) mass is 307 g/mol. The number of hydrogen-bond donors (Lipinski definition) is 3. The van der Waals surface area contributed by atoms with Gasteiger partial charge in [0, 0.05) is 5.56 Å². The van der Waals surface area contributed by atoms with Crippen molar-refractivity contribution in [1.82, 2.24) is 5.32 Å². The first-order valence-electron chi connectivity index (χ1n) is 6.72. The molecule has 1 rings (SSSR count). The van der Waals surface area contributed by atoms with Crippen LogP contribution in [0.15, 0.2) is 24.3 Å². The van der Waals surface area contributed by atoms with Crippen molar-refractivity contribution in [2.75, 3.05) is 7.11 Å². The molecule has 0 saturated carbocycles. The van der Waals surface area contributed by atoms with Gasteiger partial charge in [-0.05, 0) is 38.0 Å². The van der Waals surface area contributed by atoms with Gasteiger partial charge in [-0.1, -0.05) is 12.1 Å². The third-order valence-electron chi connectivity index (χ3n) is 3.16. The molecule has 2 amide bonds. The Balaban J connectivity index is 2.68. The Morgan fingerprint density at radius 2 is 1.77 bits per heavy atom. The molecule has 0 aliphatic heterocycles. The number of primary amides is 1. The lowest BCUT2D eigenvalue weighted by atomic mass is 10.0. The van der Waals surface area contributed by atoms with Gasteiger partial charge in [0.2, 0.25) is 11.8 Å². The van der Waals surface area contributed by atoms with E-state index in [9.17, 15) is 14.4 Å². The van der Waals surface area contributed by atoms with Crippen LogP contribution in [0.4, 0.5) is 0 Å². The summed E-state index contributed by atoms with van der Waals surface area (Å²) in [7, 11) is 1.25. The number of nitrogens with two attached hydrogens (primary N) is 2. The number of amides is 2. The minimum absolute atomic E-state index is 0.266. The number of benzene rings is 1. The van der Waals surface area contributed by atoms with Crippen LogP contribution in [0.1, 0.15) is 29.8 Å². The predicted octanol–water partition coefficient (Wildman–Crippen LogP) is -0.277. The molecule has 0 fully saturated rings. The second-order valence-corrected chi connectivity index (χ2v) is 5.48. The number of ether oxygens (including phenoxy) is 1. The highest BCUT2D eigenvalue weighted by Crippen LogP contribution is 2.08. The van der Waals surface area contributed by atoms with Gasteiger partial charge in [0.05, 0.1) is 13.2 Å². The van der Waals surface area contributed by atoms with E-state index in [0.717, 1.165) is 5.56 Å². The van der Waals surface area contributed by atoms with Crippen molar-refractivity contribution in [2.45, 2.75) is 31.8 Å². The quantitative estimate of drug-likeness (QED) is 0.624. The largest absolute Gasteiger partial charge is 0.467 e. The van der Waals surface area contributed by atoms with Crippen molar-refractivity contribution in [3.63, 3.8) is 0 Å². The molecule has 7 heteroatoms. The molecule has 0 spiro atoms. The van der Waals surface area contributed by atoms with Gasteiger partial charge in [-0.2, -0.15) is 0 Å². The molecule has 0 radical (unpaired) electrons. The number of carbonyl (C=O) groups is 3. The zero-order valence-corrected chi connectivity index (χ0v) is 12.9. The molecule has 0 unspecified atom stereocenters. The van der Waals surface area contributed by atoms with Crippen molar-refractivity contribution >= 4 is 17.8 Å². The number of esters is 1. The number of nitrogens with one attached hydrogen (secondary N) is 1. The Kier molecular flexibility index (Phi) is 5.64. The Morgan fingerprint density at radius 1 is 1.23 bits per heavy atom. The molecule has 5 N–H and O–H groups in total. The molecule has 22 heavy (non-hydrogen) atoms. The number of carbonyl (C=O) groups excluding carboxylic acids is 3. The van der Waals surface area contributed by atoms with Gasteiger partial charge in [0.15, 0.2) is 0 Å². The van der Waals surface area contributed by atoms with Gasteiger partial charge >= 0.3 is 5.97 Å². The van der Waals surface area contributed by atoms with Crippen molar-refractivity contribution in [3.05, 3.63) is 35.4 Å². The normalized spacial score (nSPS) is 12.4. The molecule has 7 nitrogen and oxygen atoms in total. The molecule has 0 heterocycles. The molecule has 0 aliphatic carbocycles. The van der Waals surface area contributed by atoms with E-state index in [2.05, 4.69) is 10.1 Å². The van der Waals surface area contributed by atoms with E-state index in [0.29, 0.717) is 5.56 Å². The van der Waals surface area contributed by atoms with Crippen LogP contribution in [0, 0.1) is 0 Å². The van der Waals surface area contributed by atoms with Crippen molar-refractivity contribution in [3.8, 4) is 0 Å². The lowest BCUT2D eigenvalue weighted by Crippen LogP contribution is -2.55. The number of hydrogen-bond acceptors (Lipinski definition) is 5. The van der Waals surface area contributed by atoms with E-state index in [4.69, 9.17) is 11.5 Å². The lowest BCUT2D eigenvalue weighted by Gasteiger charge is -2.25. The Hall–Kier alpha value is -2.41. The minimum Gasteiger partial charge on any atom is -0.467 e. The standard InChI is InChI=1S/C15H21N3O4/c1-15(2,14(21)22-3)18-13(20)11(16)8-9-4-6-10(7-5-9)12(17)19/h4-7,11H,8,16H2,1-3H3,(H2,17,19)(H,18,20)/t11-/m0/s1. The van der Waals surface area contributed by atoms with Gasteiger partial charge in [-0.3, -0.25) is 9.59 Å². The van der Waals surface area contributed by atoms with E-state index < -0.39 is 29.4 Å². The fourth-order valence-electron chi connectivity index (χ4n) is 1.86. The summed E-state index contributed by atoms with van der Waals surface area (Å²) in [6, 6.07) is 5.67. The summed E-state index contributed by atoms with van der Waals surface area (Å²) < 4.78 is 4.61. The van der Waals surface area contributed by atoms with Crippen LogP contribution >= 0.6 is 0 Å². The van der Waals surface area contributed by atoms with Crippen LogP contribution < -0.4 is 16.8 Å². The Bertz CT molecular complexity index is 567. The molecule has 1 atom stereocenters. The summed E-state index contributed by atoms with van der Waals surface area (Å²) in [5.41, 5.74) is 11.0. The fraction of sp³-hybridized carbons (Fsp3) is 0.400. The molecular weight excluding hydrogens is 286 g/mol. The van der Waals surface area contributed by atoms with Gasteiger partial charge in [0.1, 0.15) is 5.54 Å². The first-order chi connectivity index (χ1) is 10.2. The molecule has 0 bridgehead atoms. The summed E-state index contributed by atoms with van der Waals surface area (Å²) in [6.07, 6.45) is 0.266. The van der Waals surface area contributed by atoms with Gasteiger partial charge in [-0.25, -0.2) is 4.79 Å². The third kappa shape index (κ3) is 4.56. The van der Waals surface area contributed by atoms with E-state index in [1.54, 1.807) is 24.3 Å². The summed E-state index contributed by atoms with van der Waals surface area (Å²) >= 11 is 0. The zero-order valence-electron chi connectivity index (χ0n) is 12.9. The maximum atomic E-state index is 12.0. The minimum atomic E-state index is -1.15. The summed E-state index contributed by atoms with van der Waals surface area (Å²) in [5.74, 6) is -1.54. The summed E-state index contributed by atoms with van der Waals surface area (Å²) in [6.45, 7) is 3.07. The average Bonchev–Trinajstić information content (AvgIpc) is 2.46. The predicted molar refractivity (Wildman–Crippen MR) is 80.9 cm³/mol. The van der Waals surface area contributed by atoms with Crippen molar-refractivity contribution in [1.29, 1.82) is 0 Å². The highest BCUT2D eigenvalue weighted by Gasteiger charge is 2.32. The van der Waals surface area contributed by atoms with E-state index in [1.807, 2.05) is 0 Å². The van der Waals surface area contributed by atoms with Crippen LogP contribution in [0.5, 0.6) is 0 Å². The number of rotatable bonds is 6. The second kappa shape index (κ2) is 7.04. The SMILES string of the molecule is COC(=O)C(C)(C)NC(=O)[C@@H](N)Cc1ccc(C(N)=O)cc1.